The van der Waals surface area contributed by atoms with E-state index in [0.717, 1.165) is 0 Å². The smallest absolute Gasteiger partial charge is 0.405 e. The summed E-state index contributed by atoms with van der Waals surface area (Å²) in [5.41, 5.74) is 4.26. The molecule has 0 bridgehead atoms. The van der Waals surface area contributed by atoms with Crippen LogP contribution in [0.2, 0.25) is 0 Å². The molecule has 0 spiro atoms. The molecule has 1 fully saturated rings. The summed E-state index contributed by atoms with van der Waals surface area (Å²) < 4.78 is 41.0. The van der Waals surface area contributed by atoms with Crippen molar-refractivity contribution in [2.24, 2.45) is 0 Å². The van der Waals surface area contributed by atoms with Crippen molar-refractivity contribution < 1.29 is 22.7 Å². The highest BCUT2D eigenvalue weighted by Gasteiger charge is 2.46. The van der Waals surface area contributed by atoms with E-state index >= 15 is 0 Å². The van der Waals surface area contributed by atoms with Gasteiger partial charge in [0.1, 0.15) is 12.1 Å². The quantitative estimate of drug-likeness (QED) is 0.648. The fourth-order valence-corrected chi connectivity index (χ4v) is 1.17. The van der Waals surface area contributed by atoms with Gasteiger partial charge in [0.05, 0.1) is 6.61 Å². The van der Waals surface area contributed by atoms with Gasteiger partial charge < -0.3 is 4.74 Å². The Labute approximate surface area is 78.8 Å². The summed E-state index contributed by atoms with van der Waals surface area (Å²) in [6, 6.07) is -2.60. The molecule has 1 aliphatic heterocycles. The number of alkyl halides is 3. The second-order valence-corrected chi connectivity index (χ2v) is 2.92. The van der Waals surface area contributed by atoms with Gasteiger partial charge in [-0.25, -0.2) is 10.9 Å². The van der Waals surface area contributed by atoms with Crippen LogP contribution in [0.1, 0.15) is 13.3 Å². The summed E-state index contributed by atoms with van der Waals surface area (Å²) in [5, 5.41) is 0. The predicted molar refractivity (Wildman–Crippen MR) is 41.2 cm³/mol. The summed E-state index contributed by atoms with van der Waals surface area (Å²) in [7, 11) is 0. The van der Waals surface area contributed by atoms with E-state index in [2.05, 4.69) is 10.2 Å². The van der Waals surface area contributed by atoms with Gasteiger partial charge in [0.25, 0.3) is 0 Å². The lowest BCUT2D eigenvalue weighted by Gasteiger charge is -2.12. The maximum atomic E-state index is 12.1. The van der Waals surface area contributed by atoms with E-state index < -0.39 is 24.2 Å². The Balaban J connectivity index is 2.45. The number of hydrazine groups is 1. The Morgan fingerprint density at radius 3 is 2.57 bits per heavy atom. The molecule has 0 aromatic carbocycles. The second kappa shape index (κ2) is 4.14. The number of hydrogen-bond acceptors (Lipinski definition) is 4. The molecule has 0 aliphatic carbocycles. The molecule has 14 heavy (non-hydrogen) atoms. The van der Waals surface area contributed by atoms with Crippen molar-refractivity contribution in [3.8, 4) is 0 Å². The summed E-state index contributed by atoms with van der Waals surface area (Å²) in [6.45, 7) is 1.76. The van der Waals surface area contributed by atoms with Gasteiger partial charge in [0, 0.05) is 6.42 Å². The van der Waals surface area contributed by atoms with Gasteiger partial charge in [-0.1, -0.05) is 0 Å². The van der Waals surface area contributed by atoms with Gasteiger partial charge in [0.2, 0.25) is 0 Å². The van der Waals surface area contributed by atoms with E-state index in [1.807, 2.05) is 5.43 Å². The highest BCUT2D eigenvalue weighted by molar-refractivity contribution is 5.76. The van der Waals surface area contributed by atoms with Crippen LogP contribution >= 0.6 is 0 Å². The first-order chi connectivity index (χ1) is 6.45. The number of esters is 1. The molecule has 2 N–H and O–H groups in total. The van der Waals surface area contributed by atoms with E-state index in [1.54, 1.807) is 6.92 Å². The predicted octanol–water partition coefficient (Wildman–Crippen LogP) is 0.347. The van der Waals surface area contributed by atoms with Gasteiger partial charge in [-0.05, 0) is 6.92 Å². The Bertz CT molecular complexity index is 219. The molecule has 1 rings (SSSR count). The molecule has 2 atom stereocenters. The van der Waals surface area contributed by atoms with Gasteiger partial charge in [-0.2, -0.15) is 13.2 Å². The Kier molecular flexibility index (Phi) is 3.33. The van der Waals surface area contributed by atoms with Crippen LogP contribution in [-0.2, 0) is 9.53 Å². The maximum Gasteiger partial charge on any atom is 0.405 e. The van der Waals surface area contributed by atoms with E-state index in [9.17, 15) is 18.0 Å². The molecule has 1 saturated heterocycles. The van der Waals surface area contributed by atoms with Crippen LogP contribution in [0.4, 0.5) is 13.2 Å². The van der Waals surface area contributed by atoms with Crippen LogP contribution in [0.3, 0.4) is 0 Å². The summed E-state index contributed by atoms with van der Waals surface area (Å²) >= 11 is 0. The average molecular weight is 212 g/mol. The minimum absolute atomic E-state index is 0.160. The summed E-state index contributed by atoms with van der Waals surface area (Å²) in [4.78, 5) is 11.0. The minimum atomic E-state index is -4.34. The Morgan fingerprint density at radius 2 is 2.14 bits per heavy atom. The highest BCUT2D eigenvalue weighted by Crippen LogP contribution is 2.25. The fourth-order valence-electron chi connectivity index (χ4n) is 1.17. The molecular weight excluding hydrogens is 201 g/mol. The third kappa shape index (κ3) is 2.58. The number of hydrogen-bond donors (Lipinski definition) is 2. The Morgan fingerprint density at radius 1 is 1.50 bits per heavy atom. The third-order valence-electron chi connectivity index (χ3n) is 1.87. The Hall–Kier alpha value is -0.820. The second-order valence-electron chi connectivity index (χ2n) is 2.92. The minimum Gasteiger partial charge on any atom is -0.465 e. The molecule has 7 heteroatoms. The molecule has 2 unspecified atom stereocenters. The van der Waals surface area contributed by atoms with Crippen LogP contribution in [0, 0.1) is 0 Å². The van der Waals surface area contributed by atoms with Crippen molar-refractivity contribution in [3.63, 3.8) is 0 Å². The van der Waals surface area contributed by atoms with Gasteiger partial charge in [0.15, 0.2) is 0 Å². The lowest BCUT2D eigenvalue weighted by molar-refractivity contribution is -0.154. The van der Waals surface area contributed by atoms with Crippen LogP contribution in [-0.4, -0.2) is 30.8 Å². The number of carbonyl (C=O) groups excluding carboxylic acids is 1. The van der Waals surface area contributed by atoms with E-state index in [1.165, 1.54) is 0 Å². The van der Waals surface area contributed by atoms with Crippen LogP contribution in [0.25, 0.3) is 0 Å². The van der Waals surface area contributed by atoms with Crippen molar-refractivity contribution in [1.82, 2.24) is 10.9 Å². The van der Waals surface area contributed by atoms with E-state index in [4.69, 9.17) is 0 Å². The van der Waals surface area contributed by atoms with Gasteiger partial charge in [-0.15, -0.1) is 0 Å². The van der Waals surface area contributed by atoms with E-state index in [-0.39, 0.29) is 13.0 Å². The summed E-state index contributed by atoms with van der Waals surface area (Å²) in [6.07, 6.45) is -4.67. The molecule has 0 aromatic heterocycles. The number of carbonyl (C=O) groups is 1. The number of rotatable bonds is 2. The third-order valence-corrected chi connectivity index (χ3v) is 1.87. The zero-order chi connectivity index (χ0) is 10.8. The van der Waals surface area contributed by atoms with Crippen LogP contribution in [0.15, 0.2) is 0 Å². The maximum absolute atomic E-state index is 12.1. The van der Waals surface area contributed by atoms with Crippen molar-refractivity contribution >= 4 is 5.97 Å². The van der Waals surface area contributed by atoms with Gasteiger partial charge >= 0.3 is 12.1 Å². The molecule has 0 saturated carbocycles. The van der Waals surface area contributed by atoms with Crippen molar-refractivity contribution in [1.29, 1.82) is 0 Å². The first-order valence-electron chi connectivity index (χ1n) is 4.19. The average Bonchev–Trinajstić information content (AvgIpc) is 2.51. The molecule has 0 radical (unpaired) electrons. The molecule has 1 aliphatic rings. The SMILES string of the molecule is CCOC(=O)C1CC(C(F)(F)F)NN1. The van der Waals surface area contributed by atoms with E-state index in [0.29, 0.717) is 0 Å². The molecule has 0 amide bonds. The highest BCUT2D eigenvalue weighted by atomic mass is 19.4. The molecule has 4 nitrogen and oxygen atoms in total. The van der Waals surface area contributed by atoms with Crippen LogP contribution in [0.5, 0.6) is 0 Å². The fraction of sp³-hybridized carbons (Fsp3) is 0.857. The van der Waals surface area contributed by atoms with Crippen LogP contribution < -0.4 is 10.9 Å². The lowest BCUT2D eigenvalue weighted by atomic mass is 10.1. The number of nitrogens with one attached hydrogen (secondary N) is 2. The van der Waals surface area contributed by atoms with Crippen molar-refractivity contribution in [2.75, 3.05) is 6.61 Å². The molecular formula is C7H11F3N2O2. The number of halogens is 3. The normalized spacial score (nSPS) is 27.7. The first-order valence-corrected chi connectivity index (χ1v) is 4.19. The molecule has 1 heterocycles. The first kappa shape index (κ1) is 11.3. The van der Waals surface area contributed by atoms with Gasteiger partial charge in [-0.3, -0.25) is 4.79 Å². The summed E-state index contributed by atoms with van der Waals surface area (Å²) in [5.74, 6) is -0.660. The standard InChI is InChI=1S/C7H11F3N2O2/c1-2-14-6(13)4-3-5(12-11-4)7(8,9)10/h4-5,11-12H,2-3H2,1H3. The zero-order valence-corrected chi connectivity index (χ0v) is 7.52. The topological polar surface area (TPSA) is 50.4 Å². The zero-order valence-electron chi connectivity index (χ0n) is 7.52. The largest absolute Gasteiger partial charge is 0.465 e. The van der Waals surface area contributed by atoms with Crippen molar-refractivity contribution in [3.05, 3.63) is 0 Å². The lowest BCUT2D eigenvalue weighted by Crippen LogP contribution is -2.42. The number of ether oxygens (including phenoxy) is 1. The monoisotopic (exact) mass is 212 g/mol. The molecule has 0 aromatic rings. The van der Waals surface area contributed by atoms with Crippen molar-refractivity contribution in [2.45, 2.75) is 31.6 Å². The molecule has 82 valence electrons.